The van der Waals surface area contributed by atoms with Gasteiger partial charge < -0.3 is 11.2 Å². The molecule has 1 atom stereocenters. The number of nitrogen functional groups attached to an aromatic ring is 1. The van der Waals surface area contributed by atoms with Crippen molar-refractivity contribution in [3.05, 3.63) is 59.4 Å². The van der Waals surface area contributed by atoms with Gasteiger partial charge in [0.15, 0.2) is 5.82 Å². The fraction of sp³-hybridized carbons (Fsp3) is 0.333. The monoisotopic (exact) mass is 408 g/mol. The van der Waals surface area contributed by atoms with Crippen LogP contribution >= 0.6 is 11.8 Å². The smallest absolute Gasteiger partial charge is 0.230 e. The first kappa shape index (κ1) is 19.4. The number of thioether (sulfide) groups is 1. The third-order valence-corrected chi connectivity index (χ3v) is 6.11. The second-order valence-corrected chi connectivity index (χ2v) is 8.17. The molecule has 0 bridgehead atoms. The van der Waals surface area contributed by atoms with E-state index in [0.717, 1.165) is 24.0 Å². The Bertz CT molecular complexity index is 1000. The summed E-state index contributed by atoms with van der Waals surface area (Å²) in [6.45, 7) is 2.01. The van der Waals surface area contributed by atoms with E-state index in [4.69, 9.17) is 5.84 Å². The third-order valence-electron chi connectivity index (χ3n) is 5.17. The molecule has 0 saturated heterocycles. The summed E-state index contributed by atoms with van der Waals surface area (Å²) in [7, 11) is 0. The second-order valence-electron chi connectivity index (χ2n) is 7.23. The van der Waals surface area contributed by atoms with Gasteiger partial charge >= 0.3 is 0 Å². The van der Waals surface area contributed by atoms with E-state index in [1.54, 1.807) is 12.4 Å². The number of nitrogens with two attached hydrogens (primary N) is 1. The molecular weight excluding hydrogens is 384 g/mol. The number of aryl methyl sites for hydroxylation is 2. The van der Waals surface area contributed by atoms with E-state index in [1.165, 1.54) is 40.4 Å². The second kappa shape index (κ2) is 8.65. The molecule has 150 valence electrons. The Labute approximate surface area is 174 Å². The van der Waals surface area contributed by atoms with E-state index in [0.29, 0.717) is 11.0 Å². The molecule has 0 aliphatic heterocycles. The van der Waals surface area contributed by atoms with Gasteiger partial charge in [0.05, 0.1) is 11.8 Å². The van der Waals surface area contributed by atoms with Crippen molar-refractivity contribution >= 4 is 17.7 Å². The summed E-state index contributed by atoms with van der Waals surface area (Å²) < 4.78 is 1.39. The molecule has 7 nitrogen and oxygen atoms in total. The van der Waals surface area contributed by atoms with Crippen molar-refractivity contribution in [2.24, 2.45) is 0 Å². The Hall–Kier alpha value is -2.87. The van der Waals surface area contributed by atoms with E-state index in [-0.39, 0.29) is 17.7 Å². The number of carbonyl (C=O) groups excluding carboxylic acids is 1. The molecule has 1 amide bonds. The van der Waals surface area contributed by atoms with Crippen LogP contribution < -0.4 is 11.2 Å². The van der Waals surface area contributed by atoms with Gasteiger partial charge in [-0.05, 0) is 61.4 Å². The van der Waals surface area contributed by atoms with Gasteiger partial charge in [0.25, 0.3) is 0 Å². The fourth-order valence-electron chi connectivity index (χ4n) is 3.59. The molecule has 0 radical (unpaired) electrons. The Morgan fingerprint density at radius 1 is 1.24 bits per heavy atom. The molecule has 2 aromatic heterocycles. The minimum atomic E-state index is -0.0638. The summed E-state index contributed by atoms with van der Waals surface area (Å²) >= 11 is 1.26. The average Bonchev–Trinajstić information content (AvgIpc) is 3.12. The Morgan fingerprint density at radius 2 is 2.07 bits per heavy atom. The zero-order valence-electron chi connectivity index (χ0n) is 16.3. The quantitative estimate of drug-likeness (QED) is 0.481. The topological polar surface area (TPSA) is 98.7 Å². The SMILES string of the molecule is C[C@H](NC(=O)CSc1nnc(-c2cccnc2)n1N)c1ccc2c(c1)CCCC2. The minimum absolute atomic E-state index is 0.0444. The maximum atomic E-state index is 12.4. The number of carbonyl (C=O) groups is 1. The zero-order chi connectivity index (χ0) is 20.2. The van der Waals surface area contributed by atoms with Crippen LogP contribution in [0.25, 0.3) is 11.4 Å². The molecule has 2 heterocycles. The Balaban J connectivity index is 1.35. The molecule has 1 aliphatic rings. The van der Waals surface area contributed by atoms with Crippen LogP contribution in [-0.4, -0.2) is 31.5 Å². The Kier molecular flexibility index (Phi) is 5.80. The molecule has 3 aromatic rings. The van der Waals surface area contributed by atoms with Crippen molar-refractivity contribution in [3.63, 3.8) is 0 Å². The summed E-state index contributed by atoms with van der Waals surface area (Å²) in [5.74, 6) is 6.76. The lowest BCUT2D eigenvalue weighted by molar-refractivity contribution is -0.119. The number of nitrogens with one attached hydrogen (secondary N) is 1. The number of nitrogens with zero attached hydrogens (tertiary/aromatic N) is 4. The maximum Gasteiger partial charge on any atom is 0.230 e. The summed E-state index contributed by atoms with van der Waals surface area (Å²) in [5.41, 5.74) is 4.79. The highest BCUT2D eigenvalue weighted by atomic mass is 32.2. The number of hydrogen-bond acceptors (Lipinski definition) is 6. The number of fused-ring (bicyclic) bond motifs is 1. The number of rotatable bonds is 6. The first-order valence-corrected chi connectivity index (χ1v) is 10.7. The standard InChI is InChI=1S/C21H24N6OS/c1-14(16-9-8-15-5-2-3-6-17(15)11-16)24-19(28)13-29-21-26-25-20(27(21)22)18-7-4-10-23-12-18/h4,7-12,14H,2-3,5-6,13,22H2,1H3,(H,24,28)/t14-/m0/s1. The van der Waals surface area contributed by atoms with E-state index in [9.17, 15) is 4.79 Å². The molecule has 29 heavy (non-hydrogen) atoms. The lowest BCUT2D eigenvalue weighted by atomic mass is 9.89. The maximum absolute atomic E-state index is 12.4. The predicted octanol–water partition coefficient (Wildman–Crippen LogP) is 2.90. The van der Waals surface area contributed by atoms with E-state index < -0.39 is 0 Å². The van der Waals surface area contributed by atoms with Gasteiger partial charge in [-0.3, -0.25) is 9.78 Å². The van der Waals surface area contributed by atoms with Crippen LogP contribution in [0, 0.1) is 0 Å². The third kappa shape index (κ3) is 4.42. The van der Waals surface area contributed by atoms with Crippen LogP contribution in [0.2, 0.25) is 0 Å². The summed E-state index contributed by atoms with van der Waals surface area (Å²) in [6.07, 6.45) is 8.16. The average molecular weight is 409 g/mol. The van der Waals surface area contributed by atoms with Gasteiger partial charge in [0, 0.05) is 18.0 Å². The van der Waals surface area contributed by atoms with Crippen molar-refractivity contribution in [2.75, 3.05) is 11.6 Å². The van der Waals surface area contributed by atoms with Crippen LogP contribution in [0.3, 0.4) is 0 Å². The lowest BCUT2D eigenvalue weighted by Gasteiger charge is -2.20. The van der Waals surface area contributed by atoms with E-state index >= 15 is 0 Å². The van der Waals surface area contributed by atoms with Gasteiger partial charge in [0.1, 0.15) is 0 Å². The summed E-state index contributed by atoms with van der Waals surface area (Å²) in [4.78, 5) is 16.5. The molecule has 0 unspecified atom stereocenters. The number of aromatic nitrogens is 4. The first-order valence-electron chi connectivity index (χ1n) is 9.76. The number of hydrogen-bond donors (Lipinski definition) is 2. The van der Waals surface area contributed by atoms with E-state index in [2.05, 4.69) is 38.7 Å². The largest absolute Gasteiger partial charge is 0.349 e. The number of pyridine rings is 1. The molecule has 1 aromatic carbocycles. The summed E-state index contributed by atoms with van der Waals surface area (Å²) in [5, 5.41) is 11.8. The van der Waals surface area contributed by atoms with Gasteiger partial charge in [-0.1, -0.05) is 30.0 Å². The number of amides is 1. The van der Waals surface area contributed by atoms with Crippen molar-refractivity contribution in [1.82, 2.24) is 25.2 Å². The van der Waals surface area contributed by atoms with Crippen molar-refractivity contribution in [3.8, 4) is 11.4 Å². The van der Waals surface area contributed by atoms with Crippen LogP contribution in [0.4, 0.5) is 0 Å². The lowest BCUT2D eigenvalue weighted by Crippen LogP contribution is -2.28. The van der Waals surface area contributed by atoms with Crippen LogP contribution in [-0.2, 0) is 17.6 Å². The van der Waals surface area contributed by atoms with Crippen molar-refractivity contribution < 1.29 is 4.79 Å². The first-order chi connectivity index (χ1) is 14.1. The molecule has 0 saturated carbocycles. The molecule has 3 N–H and O–H groups in total. The normalized spacial score (nSPS) is 14.2. The van der Waals surface area contributed by atoms with Gasteiger partial charge in [-0.25, -0.2) is 4.68 Å². The molecular formula is C21H24N6OS. The molecule has 0 spiro atoms. The zero-order valence-corrected chi connectivity index (χ0v) is 17.2. The highest BCUT2D eigenvalue weighted by Crippen LogP contribution is 2.25. The van der Waals surface area contributed by atoms with Gasteiger partial charge in [-0.15, -0.1) is 10.2 Å². The van der Waals surface area contributed by atoms with Gasteiger partial charge in [0.2, 0.25) is 11.1 Å². The summed E-state index contributed by atoms with van der Waals surface area (Å²) in [6, 6.07) is 10.2. The minimum Gasteiger partial charge on any atom is -0.349 e. The predicted molar refractivity (Wildman–Crippen MR) is 114 cm³/mol. The highest BCUT2D eigenvalue weighted by Gasteiger charge is 2.16. The molecule has 0 fully saturated rings. The fourth-order valence-corrected chi connectivity index (χ4v) is 4.25. The van der Waals surface area contributed by atoms with Crippen LogP contribution in [0.5, 0.6) is 0 Å². The van der Waals surface area contributed by atoms with Crippen LogP contribution in [0.1, 0.15) is 42.5 Å². The number of benzene rings is 1. The Morgan fingerprint density at radius 3 is 2.86 bits per heavy atom. The molecule has 1 aliphatic carbocycles. The highest BCUT2D eigenvalue weighted by molar-refractivity contribution is 7.99. The van der Waals surface area contributed by atoms with Crippen molar-refractivity contribution in [1.29, 1.82) is 0 Å². The van der Waals surface area contributed by atoms with Crippen LogP contribution in [0.15, 0.2) is 47.9 Å². The molecule has 4 rings (SSSR count). The van der Waals surface area contributed by atoms with Gasteiger partial charge in [-0.2, -0.15) is 0 Å². The van der Waals surface area contributed by atoms with Crippen molar-refractivity contribution in [2.45, 2.75) is 43.8 Å². The van der Waals surface area contributed by atoms with E-state index in [1.807, 2.05) is 19.1 Å². The molecule has 8 heteroatoms.